The number of rotatable bonds is 10. The van der Waals surface area contributed by atoms with E-state index in [9.17, 15) is 0 Å². The van der Waals surface area contributed by atoms with Crippen molar-refractivity contribution >= 4 is 0 Å². The Morgan fingerprint density at radius 3 is 1.80 bits per heavy atom. The van der Waals surface area contributed by atoms with Crippen molar-refractivity contribution in [1.82, 2.24) is 0 Å². The lowest BCUT2D eigenvalue weighted by molar-refractivity contribution is 0.758. The van der Waals surface area contributed by atoms with Gasteiger partial charge in [-0.1, -0.05) is 43.7 Å². The monoisotopic (exact) mass is 206 g/mol. The summed E-state index contributed by atoms with van der Waals surface area (Å²) >= 11 is 0. The van der Waals surface area contributed by atoms with Crippen LogP contribution in [-0.4, -0.2) is 0 Å². The SMILES string of the molecule is C=CCCC=CCCCCC=CCCC. The van der Waals surface area contributed by atoms with E-state index in [0.29, 0.717) is 0 Å². The smallest absolute Gasteiger partial charge is 0.0316 e. The predicted molar refractivity (Wildman–Crippen MR) is 71.1 cm³/mol. The van der Waals surface area contributed by atoms with E-state index in [1.165, 1.54) is 38.5 Å². The summed E-state index contributed by atoms with van der Waals surface area (Å²) in [7, 11) is 0. The van der Waals surface area contributed by atoms with Crippen LogP contribution in [0.5, 0.6) is 0 Å². The molecule has 0 aliphatic carbocycles. The van der Waals surface area contributed by atoms with E-state index >= 15 is 0 Å². The number of unbranched alkanes of at least 4 members (excludes halogenated alkanes) is 5. The molecule has 0 rings (SSSR count). The third-order valence-corrected chi connectivity index (χ3v) is 2.32. The fraction of sp³-hybridized carbons (Fsp3) is 0.600. The van der Waals surface area contributed by atoms with Gasteiger partial charge in [0.1, 0.15) is 0 Å². The minimum absolute atomic E-state index is 1.11. The summed E-state index contributed by atoms with van der Waals surface area (Å²) in [6, 6.07) is 0. The molecule has 0 N–H and O–H groups in total. The van der Waals surface area contributed by atoms with Crippen molar-refractivity contribution in [1.29, 1.82) is 0 Å². The quantitative estimate of drug-likeness (QED) is 0.330. The van der Waals surface area contributed by atoms with Crippen LogP contribution in [0.2, 0.25) is 0 Å². The second-order valence-electron chi connectivity index (χ2n) is 3.88. The highest BCUT2D eigenvalue weighted by Crippen LogP contribution is 2.03. The Bertz CT molecular complexity index is 174. The normalized spacial score (nSPS) is 11.5. The predicted octanol–water partition coefficient (Wildman–Crippen LogP) is 5.43. The Labute approximate surface area is 95.8 Å². The lowest BCUT2D eigenvalue weighted by Crippen LogP contribution is -1.73. The Kier molecular flexibility index (Phi) is 12.5. The largest absolute Gasteiger partial charge is 0.103 e. The molecule has 0 aliphatic rings. The summed E-state index contributed by atoms with van der Waals surface area (Å²) in [5.74, 6) is 0. The van der Waals surface area contributed by atoms with Crippen molar-refractivity contribution in [3.8, 4) is 0 Å². The minimum Gasteiger partial charge on any atom is -0.103 e. The van der Waals surface area contributed by atoms with Gasteiger partial charge in [0.15, 0.2) is 0 Å². The molecule has 0 bridgehead atoms. The molecule has 0 unspecified atom stereocenters. The van der Waals surface area contributed by atoms with Gasteiger partial charge in [-0.05, 0) is 44.9 Å². The summed E-state index contributed by atoms with van der Waals surface area (Å²) in [4.78, 5) is 0. The maximum atomic E-state index is 3.70. The van der Waals surface area contributed by atoms with E-state index in [4.69, 9.17) is 0 Å². The van der Waals surface area contributed by atoms with Crippen LogP contribution in [0.25, 0.3) is 0 Å². The fourth-order valence-corrected chi connectivity index (χ4v) is 1.38. The van der Waals surface area contributed by atoms with E-state index in [0.717, 1.165) is 12.8 Å². The number of hydrogen-bond donors (Lipinski definition) is 0. The van der Waals surface area contributed by atoms with Crippen LogP contribution in [0.1, 0.15) is 58.3 Å². The first-order chi connectivity index (χ1) is 7.41. The molecule has 0 aromatic rings. The molecule has 0 saturated heterocycles. The standard InChI is InChI=1S/C15H26/c1-3-5-7-9-11-13-15-14-12-10-8-6-4-2/h3,8-11H,1,4-7,12-15H2,2H3. The Balaban J connectivity index is 3.10. The molecule has 0 fully saturated rings. The molecular weight excluding hydrogens is 180 g/mol. The van der Waals surface area contributed by atoms with Crippen molar-refractivity contribution in [2.24, 2.45) is 0 Å². The van der Waals surface area contributed by atoms with Crippen LogP contribution in [0.15, 0.2) is 37.0 Å². The zero-order chi connectivity index (χ0) is 11.2. The van der Waals surface area contributed by atoms with Crippen molar-refractivity contribution in [2.45, 2.75) is 58.3 Å². The van der Waals surface area contributed by atoms with Crippen LogP contribution in [0, 0.1) is 0 Å². The fourth-order valence-electron chi connectivity index (χ4n) is 1.38. The molecule has 0 atom stereocenters. The lowest BCUT2D eigenvalue weighted by atomic mass is 10.1. The maximum absolute atomic E-state index is 3.70. The summed E-state index contributed by atoms with van der Waals surface area (Å²) in [6.45, 7) is 5.92. The van der Waals surface area contributed by atoms with Crippen molar-refractivity contribution in [3.05, 3.63) is 37.0 Å². The van der Waals surface area contributed by atoms with Crippen LogP contribution in [-0.2, 0) is 0 Å². The van der Waals surface area contributed by atoms with Gasteiger partial charge in [0.2, 0.25) is 0 Å². The van der Waals surface area contributed by atoms with E-state index in [1.54, 1.807) is 0 Å². The first kappa shape index (κ1) is 14.2. The van der Waals surface area contributed by atoms with Gasteiger partial charge < -0.3 is 0 Å². The molecule has 86 valence electrons. The van der Waals surface area contributed by atoms with E-state index < -0.39 is 0 Å². The van der Waals surface area contributed by atoms with Crippen LogP contribution >= 0.6 is 0 Å². The summed E-state index contributed by atoms with van der Waals surface area (Å²) in [6.07, 6.45) is 21.1. The molecule has 0 aromatic carbocycles. The second-order valence-corrected chi connectivity index (χ2v) is 3.88. The highest BCUT2D eigenvalue weighted by Gasteiger charge is 1.83. The number of hydrogen-bond acceptors (Lipinski definition) is 0. The van der Waals surface area contributed by atoms with Crippen molar-refractivity contribution < 1.29 is 0 Å². The first-order valence-corrected chi connectivity index (χ1v) is 6.32. The maximum Gasteiger partial charge on any atom is -0.0316 e. The molecule has 0 saturated carbocycles. The molecule has 0 heteroatoms. The Morgan fingerprint density at radius 2 is 1.27 bits per heavy atom. The molecule has 0 heterocycles. The zero-order valence-corrected chi connectivity index (χ0v) is 10.3. The number of allylic oxidation sites excluding steroid dienone is 5. The van der Waals surface area contributed by atoms with Gasteiger partial charge in [-0.15, -0.1) is 6.58 Å². The van der Waals surface area contributed by atoms with Crippen LogP contribution in [0.3, 0.4) is 0 Å². The lowest BCUT2D eigenvalue weighted by Gasteiger charge is -1.93. The van der Waals surface area contributed by atoms with E-state index in [2.05, 4.69) is 37.8 Å². The van der Waals surface area contributed by atoms with E-state index in [1.807, 2.05) is 6.08 Å². The van der Waals surface area contributed by atoms with Gasteiger partial charge in [-0.2, -0.15) is 0 Å². The van der Waals surface area contributed by atoms with Gasteiger partial charge in [-0.25, -0.2) is 0 Å². The molecule has 0 aliphatic heterocycles. The molecule has 15 heavy (non-hydrogen) atoms. The van der Waals surface area contributed by atoms with Gasteiger partial charge in [0.25, 0.3) is 0 Å². The van der Waals surface area contributed by atoms with Crippen molar-refractivity contribution in [3.63, 3.8) is 0 Å². The highest BCUT2D eigenvalue weighted by atomic mass is 13.9. The Hall–Kier alpha value is -0.780. The third-order valence-electron chi connectivity index (χ3n) is 2.32. The van der Waals surface area contributed by atoms with Gasteiger partial charge in [0, 0.05) is 0 Å². The summed E-state index contributed by atoms with van der Waals surface area (Å²) in [5, 5.41) is 0. The highest BCUT2D eigenvalue weighted by molar-refractivity contribution is 4.85. The average molecular weight is 206 g/mol. The van der Waals surface area contributed by atoms with Crippen LogP contribution < -0.4 is 0 Å². The molecule has 0 nitrogen and oxygen atoms in total. The average Bonchev–Trinajstić information content (AvgIpc) is 2.26. The third kappa shape index (κ3) is 13.2. The van der Waals surface area contributed by atoms with Gasteiger partial charge >= 0.3 is 0 Å². The minimum atomic E-state index is 1.11. The molecule has 0 amide bonds. The summed E-state index contributed by atoms with van der Waals surface area (Å²) in [5.41, 5.74) is 0. The van der Waals surface area contributed by atoms with E-state index in [-0.39, 0.29) is 0 Å². The topological polar surface area (TPSA) is 0 Å². The van der Waals surface area contributed by atoms with Crippen LogP contribution in [0.4, 0.5) is 0 Å². The molecule has 0 spiro atoms. The zero-order valence-electron chi connectivity index (χ0n) is 10.3. The van der Waals surface area contributed by atoms with Gasteiger partial charge in [0.05, 0.1) is 0 Å². The second kappa shape index (κ2) is 13.2. The Morgan fingerprint density at radius 1 is 0.733 bits per heavy atom. The first-order valence-electron chi connectivity index (χ1n) is 6.32. The molecule has 0 radical (unpaired) electrons. The van der Waals surface area contributed by atoms with Crippen molar-refractivity contribution in [2.75, 3.05) is 0 Å². The molecular formula is C15H26. The van der Waals surface area contributed by atoms with Gasteiger partial charge in [-0.3, -0.25) is 0 Å². The molecule has 0 aromatic heterocycles. The summed E-state index contributed by atoms with van der Waals surface area (Å²) < 4.78 is 0.